The minimum Gasteiger partial charge on any atom is -0.480 e. The van der Waals surface area contributed by atoms with Gasteiger partial charge < -0.3 is 15.2 Å². The van der Waals surface area contributed by atoms with Gasteiger partial charge in [-0.05, 0) is 30.9 Å². The maximum atomic E-state index is 9.98. The Kier molecular flexibility index (Phi) is 3.00. The summed E-state index contributed by atoms with van der Waals surface area (Å²) in [6, 6.07) is 1.98. The van der Waals surface area contributed by atoms with Crippen molar-refractivity contribution >= 4 is 11.5 Å². The van der Waals surface area contributed by atoms with E-state index >= 15 is 0 Å². The predicted octanol–water partition coefficient (Wildman–Crippen LogP) is 0.937. The fourth-order valence-electron chi connectivity index (χ4n) is 1.69. The number of aliphatic hydroxyl groups is 1. The second-order valence-electron chi connectivity index (χ2n) is 3.42. The first kappa shape index (κ1) is 9.89. The third-order valence-electron chi connectivity index (χ3n) is 2.49. The zero-order valence-electron chi connectivity index (χ0n) is 8.06. The molecular weight excluding hydrogens is 200 g/mol. The lowest BCUT2D eigenvalue weighted by atomic mass is 10.1. The van der Waals surface area contributed by atoms with E-state index in [2.05, 4.69) is 9.69 Å². The minimum absolute atomic E-state index is 0.181. The van der Waals surface area contributed by atoms with Crippen LogP contribution in [-0.2, 0) is 0 Å². The van der Waals surface area contributed by atoms with Gasteiger partial charge in [0, 0.05) is 12.1 Å². The highest BCUT2D eigenvalue weighted by atomic mass is 32.1. The lowest BCUT2D eigenvalue weighted by Gasteiger charge is -2.15. The van der Waals surface area contributed by atoms with Crippen molar-refractivity contribution < 1.29 is 9.84 Å². The largest absolute Gasteiger partial charge is 0.480 e. The predicted molar refractivity (Wildman–Crippen MR) is 54.7 cm³/mol. The zero-order chi connectivity index (χ0) is 9.97. The van der Waals surface area contributed by atoms with Crippen LogP contribution in [-0.4, -0.2) is 29.2 Å². The zero-order valence-corrected chi connectivity index (χ0v) is 8.88. The van der Waals surface area contributed by atoms with Gasteiger partial charge in [-0.3, -0.25) is 0 Å². The van der Waals surface area contributed by atoms with Gasteiger partial charge in [-0.2, -0.15) is 4.37 Å². The normalized spacial score (nSPS) is 23.7. The van der Waals surface area contributed by atoms with E-state index in [0.717, 1.165) is 24.3 Å². The molecule has 0 aromatic carbocycles. The molecule has 0 saturated carbocycles. The van der Waals surface area contributed by atoms with Crippen LogP contribution in [0.15, 0.2) is 6.07 Å². The fourth-order valence-corrected chi connectivity index (χ4v) is 2.44. The van der Waals surface area contributed by atoms with Crippen LogP contribution < -0.4 is 10.1 Å². The molecule has 14 heavy (non-hydrogen) atoms. The molecule has 1 aliphatic heterocycles. The Hall–Kier alpha value is -0.650. The molecule has 2 unspecified atom stereocenters. The van der Waals surface area contributed by atoms with Crippen LogP contribution >= 0.6 is 11.5 Å². The number of hydrogen-bond acceptors (Lipinski definition) is 5. The molecule has 0 spiro atoms. The van der Waals surface area contributed by atoms with Crippen molar-refractivity contribution in [3.63, 3.8) is 0 Å². The third kappa shape index (κ3) is 1.89. The van der Waals surface area contributed by atoms with E-state index < -0.39 is 6.10 Å². The Morgan fingerprint density at radius 2 is 2.64 bits per heavy atom. The summed E-state index contributed by atoms with van der Waals surface area (Å²) < 4.78 is 9.03. The molecule has 1 aliphatic rings. The molecule has 0 radical (unpaired) electrons. The van der Waals surface area contributed by atoms with Gasteiger partial charge in [-0.15, -0.1) is 0 Å². The van der Waals surface area contributed by atoms with Gasteiger partial charge in [0.2, 0.25) is 5.88 Å². The number of nitrogens with zero attached hydrogens (tertiary/aromatic N) is 1. The van der Waals surface area contributed by atoms with Gasteiger partial charge in [-0.1, -0.05) is 0 Å². The average molecular weight is 214 g/mol. The van der Waals surface area contributed by atoms with Gasteiger partial charge in [0.1, 0.15) is 6.10 Å². The quantitative estimate of drug-likeness (QED) is 0.786. The van der Waals surface area contributed by atoms with E-state index in [0.29, 0.717) is 5.88 Å². The molecular formula is C9H14N2O2S. The van der Waals surface area contributed by atoms with Crippen LogP contribution in [0.3, 0.4) is 0 Å². The van der Waals surface area contributed by atoms with Crippen LogP contribution in [0.2, 0.25) is 0 Å². The monoisotopic (exact) mass is 214 g/mol. The molecule has 1 aromatic rings. The number of hydrogen-bond donors (Lipinski definition) is 2. The lowest BCUT2D eigenvalue weighted by molar-refractivity contribution is 0.141. The molecule has 78 valence electrons. The summed E-state index contributed by atoms with van der Waals surface area (Å²) in [5.41, 5.74) is 0. The number of ether oxygens (including phenoxy) is 1. The molecule has 2 N–H and O–H groups in total. The van der Waals surface area contributed by atoms with Crippen molar-refractivity contribution in [2.75, 3.05) is 13.7 Å². The first-order valence-corrected chi connectivity index (χ1v) is 5.50. The number of rotatable bonds is 3. The molecule has 0 bridgehead atoms. The summed E-state index contributed by atoms with van der Waals surface area (Å²) >= 11 is 1.30. The molecule has 1 fully saturated rings. The maximum absolute atomic E-state index is 9.98. The summed E-state index contributed by atoms with van der Waals surface area (Å²) in [6.07, 6.45) is 1.72. The van der Waals surface area contributed by atoms with E-state index in [-0.39, 0.29) is 6.04 Å². The standard InChI is InChI=1S/C9H14N2O2S/c1-13-8-5-7(14-11-8)9(12)6-3-2-4-10-6/h5-6,9-10,12H,2-4H2,1H3. The summed E-state index contributed by atoms with van der Waals surface area (Å²) in [4.78, 5) is 0.876. The molecule has 0 amide bonds. The molecule has 2 atom stereocenters. The van der Waals surface area contributed by atoms with Crippen LogP contribution in [0, 0.1) is 0 Å². The average Bonchev–Trinajstić information content (AvgIpc) is 2.88. The number of methoxy groups -OCH3 is 1. The molecule has 0 aliphatic carbocycles. The minimum atomic E-state index is -0.445. The van der Waals surface area contributed by atoms with Crippen molar-refractivity contribution in [3.8, 4) is 5.88 Å². The van der Waals surface area contributed by atoms with Gasteiger partial charge in [0.15, 0.2) is 0 Å². The van der Waals surface area contributed by atoms with Crippen LogP contribution in [0.25, 0.3) is 0 Å². The van der Waals surface area contributed by atoms with Crippen molar-refractivity contribution in [2.24, 2.45) is 0 Å². The van der Waals surface area contributed by atoms with Gasteiger partial charge in [0.05, 0.1) is 12.0 Å². The maximum Gasteiger partial charge on any atom is 0.225 e. The highest BCUT2D eigenvalue weighted by Crippen LogP contribution is 2.28. The summed E-state index contributed by atoms with van der Waals surface area (Å²) in [5.74, 6) is 0.585. The number of aromatic nitrogens is 1. The molecule has 4 nitrogen and oxygen atoms in total. The Morgan fingerprint density at radius 1 is 1.79 bits per heavy atom. The van der Waals surface area contributed by atoms with Gasteiger partial charge in [-0.25, -0.2) is 0 Å². The molecule has 1 aromatic heterocycles. The third-order valence-corrected chi connectivity index (χ3v) is 3.33. The van der Waals surface area contributed by atoms with E-state index in [1.807, 2.05) is 0 Å². The Labute approximate surface area is 87.1 Å². The Morgan fingerprint density at radius 3 is 3.21 bits per heavy atom. The van der Waals surface area contributed by atoms with Crippen molar-refractivity contribution in [1.29, 1.82) is 0 Å². The second kappa shape index (κ2) is 4.25. The number of aliphatic hydroxyl groups excluding tert-OH is 1. The van der Waals surface area contributed by atoms with Crippen LogP contribution in [0.1, 0.15) is 23.8 Å². The van der Waals surface area contributed by atoms with Crippen molar-refractivity contribution in [2.45, 2.75) is 25.0 Å². The van der Waals surface area contributed by atoms with E-state index in [4.69, 9.17) is 4.74 Å². The SMILES string of the molecule is COc1cc(C(O)C2CCCN2)sn1. The Bertz CT molecular complexity index is 297. The highest BCUT2D eigenvalue weighted by Gasteiger charge is 2.25. The molecule has 1 saturated heterocycles. The van der Waals surface area contributed by atoms with Gasteiger partial charge >= 0.3 is 0 Å². The first-order valence-electron chi connectivity index (χ1n) is 4.73. The van der Waals surface area contributed by atoms with E-state index in [1.54, 1.807) is 13.2 Å². The number of nitrogens with one attached hydrogen (secondary N) is 1. The highest BCUT2D eigenvalue weighted by molar-refractivity contribution is 7.06. The Balaban J connectivity index is 2.05. The van der Waals surface area contributed by atoms with Crippen LogP contribution in [0.5, 0.6) is 5.88 Å². The second-order valence-corrected chi connectivity index (χ2v) is 4.26. The fraction of sp³-hybridized carbons (Fsp3) is 0.667. The summed E-state index contributed by atoms with van der Waals surface area (Å²) in [7, 11) is 1.58. The smallest absolute Gasteiger partial charge is 0.225 e. The lowest BCUT2D eigenvalue weighted by Crippen LogP contribution is -2.28. The van der Waals surface area contributed by atoms with Crippen molar-refractivity contribution in [1.82, 2.24) is 9.69 Å². The van der Waals surface area contributed by atoms with E-state index in [9.17, 15) is 5.11 Å². The molecule has 5 heteroatoms. The van der Waals surface area contributed by atoms with Gasteiger partial charge in [0.25, 0.3) is 0 Å². The molecule has 2 rings (SSSR count). The topological polar surface area (TPSA) is 54.4 Å². The van der Waals surface area contributed by atoms with Crippen LogP contribution in [0.4, 0.5) is 0 Å². The summed E-state index contributed by atoms with van der Waals surface area (Å²) in [6.45, 7) is 0.998. The summed E-state index contributed by atoms with van der Waals surface area (Å²) in [5, 5.41) is 13.3. The molecule has 2 heterocycles. The van der Waals surface area contributed by atoms with E-state index in [1.165, 1.54) is 11.5 Å². The van der Waals surface area contributed by atoms with Crippen molar-refractivity contribution in [3.05, 3.63) is 10.9 Å². The first-order chi connectivity index (χ1) is 6.81.